The number of carbonyl (C=O) groups excluding carboxylic acids is 7. The number of para-hydroxylation sites is 1. The zero-order valence-electron chi connectivity index (χ0n) is 46.0. The van der Waals surface area contributed by atoms with Crippen molar-refractivity contribution in [2.24, 2.45) is 23.7 Å². The lowest BCUT2D eigenvalue weighted by Crippen LogP contribution is -2.62. The number of likely N-dealkylation sites (N-methyl/N-ethyl adjacent to an activating group) is 2. The van der Waals surface area contributed by atoms with Gasteiger partial charge in [0.15, 0.2) is 0 Å². The second-order valence-electron chi connectivity index (χ2n) is 22.2. The lowest BCUT2D eigenvalue weighted by molar-refractivity contribution is -0.146. The molecule has 0 radical (unpaired) electrons. The summed E-state index contributed by atoms with van der Waals surface area (Å²) in [5.74, 6) is -6.72. The number of benzene rings is 2. The average Bonchev–Trinajstić information content (AvgIpc) is 4.14. The number of epoxide rings is 1. The SMILES string of the molecule is CO[C@H](c1ccccc1)[C@H]1NC(=O)[C@H](C)NC(=O)[C@H](CC(C)C)N(C)C(=O)[C@H]([C@H](O)c2cn(C(C)(C)[C@@H]3CO3)c3ccccc23)NC(=O)[C@H]([C@H](C)C=C(C)C)NC(=O)[C@H](CC(C)C)N(C)C(=O)[C@H](C(C)C)NC1=O. The van der Waals surface area contributed by atoms with E-state index >= 15 is 9.59 Å². The van der Waals surface area contributed by atoms with Gasteiger partial charge in [-0.15, -0.1) is 0 Å². The van der Waals surface area contributed by atoms with Gasteiger partial charge in [0.05, 0.1) is 12.1 Å². The maximum atomic E-state index is 15.4. The molecule has 406 valence electrons. The summed E-state index contributed by atoms with van der Waals surface area (Å²) in [6.45, 7) is 22.4. The zero-order valence-corrected chi connectivity index (χ0v) is 46.0. The first kappa shape index (κ1) is 58.8. The van der Waals surface area contributed by atoms with Crippen LogP contribution in [0.25, 0.3) is 10.9 Å². The van der Waals surface area contributed by atoms with E-state index in [2.05, 4.69) is 26.6 Å². The molecule has 3 aromatic rings. The van der Waals surface area contributed by atoms with Crippen molar-refractivity contribution < 1.29 is 48.1 Å². The van der Waals surface area contributed by atoms with E-state index in [9.17, 15) is 29.1 Å². The Balaban J connectivity index is 1.72. The Labute approximate surface area is 437 Å². The number of amides is 7. The van der Waals surface area contributed by atoms with Crippen molar-refractivity contribution in [1.29, 1.82) is 0 Å². The van der Waals surface area contributed by atoms with Gasteiger partial charge in [-0.1, -0.05) is 109 Å². The molecule has 0 saturated carbocycles. The highest BCUT2D eigenvalue weighted by atomic mass is 16.6. The van der Waals surface area contributed by atoms with Crippen molar-refractivity contribution >= 4 is 52.3 Å². The van der Waals surface area contributed by atoms with Gasteiger partial charge in [-0.3, -0.25) is 33.6 Å². The minimum atomic E-state index is -1.74. The van der Waals surface area contributed by atoms with Crippen LogP contribution in [-0.2, 0) is 48.6 Å². The van der Waals surface area contributed by atoms with Crippen molar-refractivity contribution in [3.8, 4) is 0 Å². The second kappa shape index (κ2) is 24.9. The Morgan fingerprint density at radius 1 is 0.703 bits per heavy atom. The lowest BCUT2D eigenvalue weighted by atomic mass is 9.94. The average molecular weight is 1030 g/mol. The van der Waals surface area contributed by atoms with E-state index in [0.29, 0.717) is 23.1 Å². The van der Waals surface area contributed by atoms with Gasteiger partial charge < -0.3 is 55.5 Å². The molecule has 0 aliphatic carbocycles. The molecule has 6 N–H and O–H groups in total. The highest BCUT2D eigenvalue weighted by Gasteiger charge is 2.45. The van der Waals surface area contributed by atoms with Crippen LogP contribution in [0.5, 0.6) is 0 Å². The Morgan fingerprint density at radius 2 is 1.19 bits per heavy atom. The Bertz CT molecular complexity index is 2510. The number of methoxy groups -OCH3 is 1. The van der Waals surface area contributed by atoms with Crippen LogP contribution in [0, 0.1) is 23.7 Å². The second-order valence-corrected chi connectivity index (χ2v) is 22.2. The number of aromatic nitrogens is 1. The fourth-order valence-corrected chi connectivity index (χ4v) is 9.85. The summed E-state index contributed by atoms with van der Waals surface area (Å²) >= 11 is 0. The first-order chi connectivity index (χ1) is 34.7. The fraction of sp³-hybridized carbons (Fsp3) is 0.589. The maximum absolute atomic E-state index is 15.4. The quantitative estimate of drug-likeness (QED) is 0.0966. The number of fused-ring (bicyclic) bond motifs is 1. The summed E-state index contributed by atoms with van der Waals surface area (Å²) in [4.78, 5) is 106. The molecule has 0 bridgehead atoms. The number of rotatable bonds is 14. The maximum Gasteiger partial charge on any atom is 0.248 e. The number of ether oxygens (including phenoxy) is 2. The van der Waals surface area contributed by atoms with Crippen LogP contribution in [0.1, 0.15) is 119 Å². The largest absolute Gasteiger partial charge is 0.386 e. The molecule has 2 aliphatic heterocycles. The van der Waals surface area contributed by atoms with E-state index in [0.717, 1.165) is 11.1 Å². The Hall–Kier alpha value is -6.11. The van der Waals surface area contributed by atoms with E-state index in [4.69, 9.17) is 9.47 Å². The van der Waals surface area contributed by atoms with E-state index in [1.165, 1.54) is 37.9 Å². The predicted octanol–water partition coefficient (Wildman–Crippen LogP) is 4.66. The lowest BCUT2D eigenvalue weighted by Gasteiger charge is -2.36. The topological polar surface area (TPSA) is 233 Å². The molecule has 0 unspecified atom stereocenters. The molecule has 2 saturated heterocycles. The third-order valence-electron chi connectivity index (χ3n) is 14.3. The predicted molar refractivity (Wildman–Crippen MR) is 283 cm³/mol. The zero-order chi connectivity index (χ0) is 55.1. The van der Waals surface area contributed by atoms with E-state index in [1.54, 1.807) is 63.4 Å². The van der Waals surface area contributed by atoms with Crippen molar-refractivity contribution in [3.63, 3.8) is 0 Å². The summed E-state index contributed by atoms with van der Waals surface area (Å²) in [7, 11) is 4.26. The van der Waals surface area contributed by atoms with Gasteiger partial charge in [0.2, 0.25) is 41.4 Å². The van der Waals surface area contributed by atoms with Crippen LogP contribution < -0.4 is 26.6 Å². The summed E-state index contributed by atoms with van der Waals surface area (Å²) < 4.78 is 13.6. The number of aliphatic hydroxyl groups is 1. The highest BCUT2D eigenvalue weighted by molar-refractivity contribution is 5.99. The number of hydrogen-bond acceptors (Lipinski definition) is 10. The van der Waals surface area contributed by atoms with Crippen molar-refractivity contribution in [2.75, 3.05) is 27.8 Å². The molecule has 2 aliphatic rings. The molecule has 1 aromatic heterocycles. The minimum Gasteiger partial charge on any atom is -0.386 e. The Kier molecular flexibility index (Phi) is 19.8. The van der Waals surface area contributed by atoms with Crippen LogP contribution in [0.2, 0.25) is 0 Å². The van der Waals surface area contributed by atoms with Crippen LogP contribution in [-0.4, -0.2) is 137 Å². The number of hydrogen-bond donors (Lipinski definition) is 6. The molecular formula is C56H82N8O10. The van der Waals surface area contributed by atoms with Crippen LogP contribution >= 0.6 is 0 Å². The van der Waals surface area contributed by atoms with Crippen molar-refractivity contribution in [3.05, 3.63) is 83.6 Å². The molecule has 0 spiro atoms. The molecular weight excluding hydrogens is 945 g/mol. The molecule has 18 heteroatoms. The van der Waals surface area contributed by atoms with Gasteiger partial charge in [0.1, 0.15) is 60.6 Å². The molecule has 2 aromatic carbocycles. The first-order valence-corrected chi connectivity index (χ1v) is 25.9. The van der Waals surface area contributed by atoms with Gasteiger partial charge in [-0.25, -0.2) is 0 Å². The van der Waals surface area contributed by atoms with E-state index in [-0.39, 0.29) is 30.8 Å². The van der Waals surface area contributed by atoms with Gasteiger partial charge >= 0.3 is 0 Å². The van der Waals surface area contributed by atoms with Gasteiger partial charge in [0.25, 0.3) is 0 Å². The third-order valence-corrected chi connectivity index (χ3v) is 14.3. The third kappa shape index (κ3) is 13.8. The van der Waals surface area contributed by atoms with Gasteiger partial charge in [-0.2, -0.15) is 0 Å². The smallest absolute Gasteiger partial charge is 0.248 e. The summed E-state index contributed by atoms with van der Waals surface area (Å²) in [5, 5.41) is 27.5. The van der Waals surface area contributed by atoms with Gasteiger partial charge in [-0.05, 0) is 76.8 Å². The molecule has 11 atom stereocenters. The first-order valence-electron chi connectivity index (χ1n) is 25.9. The van der Waals surface area contributed by atoms with Crippen molar-refractivity contribution in [2.45, 2.75) is 162 Å². The number of aliphatic hydroxyl groups excluding tert-OH is 1. The minimum absolute atomic E-state index is 0.102. The monoisotopic (exact) mass is 1030 g/mol. The summed E-state index contributed by atoms with van der Waals surface area (Å²) in [6.07, 6.45) is 0.906. The molecule has 2 fully saturated rings. The molecule has 5 rings (SSSR count). The Morgan fingerprint density at radius 3 is 1.72 bits per heavy atom. The summed E-state index contributed by atoms with van der Waals surface area (Å²) in [5.41, 5.74) is 1.85. The standard InChI is InChI=1S/C56H82N8O10/c1-30(2)25-34(9)44-52(69)60-45(47(65)38-28-64(56(11,12)42-29-74-42)39-24-20-19-23-37(38)39)55(72)63(14)40(26-31(3)4)50(67)57-35(10)49(66)61-46(48(73-15)36-21-17-16-18-22-36)53(70)58-43(33(7)8)54(71)62(13)41(27-32(5)6)51(68)59-44/h16-25,28,31-35,40-48,65H,26-27,29H2,1-15H3,(H,57,67)(H,58,70)(H,59,68)(H,60,69)(H,61,66)/t34-,35+,40+,41+,42+,43+,44+,45+,46-,47-,48-/m1/s1. The van der Waals surface area contributed by atoms with Crippen molar-refractivity contribution in [1.82, 2.24) is 41.0 Å². The summed E-state index contributed by atoms with van der Waals surface area (Å²) in [6, 6.07) is 6.68. The number of nitrogens with zero attached hydrogens (tertiary/aromatic N) is 3. The molecule has 7 amide bonds. The normalized spacial score (nSPS) is 25.7. The van der Waals surface area contributed by atoms with Crippen LogP contribution in [0.3, 0.4) is 0 Å². The number of carbonyl (C=O) groups is 7. The molecule has 3 heterocycles. The molecule has 74 heavy (non-hydrogen) atoms. The van der Waals surface area contributed by atoms with Gasteiger partial charge in [0, 0.05) is 49.8 Å². The van der Waals surface area contributed by atoms with E-state index in [1.807, 2.05) is 84.2 Å². The fourth-order valence-electron chi connectivity index (χ4n) is 9.85. The number of nitrogens with one attached hydrogen (secondary N) is 5. The molecule has 18 nitrogen and oxygen atoms in total. The van der Waals surface area contributed by atoms with Crippen LogP contribution in [0.4, 0.5) is 0 Å². The highest BCUT2D eigenvalue weighted by Crippen LogP contribution is 2.38. The van der Waals surface area contributed by atoms with E-state index < -0.39 is 113 Å². The van der Waals surface area contributed by atoms with Crippen LogP contribution in [0.15, 0.2) is 72.4 Å². The number of allylic oxidation sites excluding steroid dienone is 1.